The summed E-state index contributed by atoms with van der Waals surface area (Å²) in [5.41, 5.74) is 12.0. The van der Waals surface area contributed by atoms with Gasteiger partial charge in [0.15, 0.2) is 0 Å². The SMILES string of the molecule is c1ccc(-c2cccc(-n3c4ccccc4c4ccc(-c5ccc6c(c5)c5ccccc5n6-c5ccc6ccccc6c5)cc43)c2)cc1. The largest absolute Gasteiger partial charge is 0.309 e. The molecule has 224 valence electrons. The fraction of sp³-hybridized carbons (Fsp3) is 0. The number of aromatic nitrogens is 2. The van der Waals surface area contributed by atoms with Gasteiger partial charge in [0.05, 0.1) is 22.1 Å². The molecule has 2 aromatic heterocycles. The second-order valence-corrected chi connectivity index (χ2v) is 12.6. The van der Waals surface area contributed by atoms with Crippen molar-refractivity contribution in [2.24, 2.45) is 0 Å². The Labute approximate surface area is 278 Å². The maximum atomic E-state index is 2.42. The third kappa shape index (κ3) is 4.13. The van der Waals surface area contributed by atoms with Crippen LogP contribution in [0, 0.1) is 0 Å². The van der Waals surface area contributed by atoms with Crippen LogP contribution < -0.4 is 0 Å². The van der Waals surface area contributed by atoms with Gasteiger partial charge in [0.25, 0.3) is 0 Å². The maximum absolute atomic E-state index is 2.42. The summed E-state index contributed by atoms with van der Waals surface area (Å²) < 4.78 is 4.83. The minimum absolute atomic E-state index is 1.16. The molecule has 2 heteroatoms. The lowest BCUT2D eigenvalue weighted by Crippen LogP contribution is -1.95. The van der Waals surface area contributed by atoms with E-state index in [1.807, 2.05) is 0 Å². The zero-order valence-corrected chi connectivity index (χ0v) is 26.2. The molecule has 8 aromatic carbocycles. The molecule has 0 amide bonds. The highest BCUT2D eigenvalue weighted by atomic mass is 15.0. The molecule has 10 aromatic rings. The summed E-state index contributed by atoms with van der Waals surface area (Å²) in [4.78, 5) is 0. The number of fused-ring (bicyclic) bond motifs is 7. The predicted molar refractivity (Wildman–Crippen MR) is 203 cm³/mol. The predicted octanol–water partition coefficient (Wildman–Crippen LogP) is 12.4. The Hall–Kier alpha value is -6.38. The summed E-state index contributed by atoms with van der Waals surface area (Å²) >= 11 is 0. The average molecular weight is 611 g/mol. The molecule has 0 aliphatic rings. The lowest BCUT2D eigenvalue weighted by molar-refractivity contribution is 1.18. The highest BCUT2D eigenvalue weighted by Crippen LogP contribution is 2.39. The molecular formula is C46H30N2. The van der Waals surface area contributed by atoms with Crippen molar-refractivity contribution in [2.75, 3.05) is 0 Å². The third-order valence-electron chi connectivity index (χ3n) is 9.88. The Kier molecular flexibility index (Phi) is 5.91. The van der Waals surface area contributed by atoms with Crippen LogP contribution in [0.4, 0.5) is 0 Å². The highest BCUT2D eigenvalue weighted by Gasteiger charge is 2.16. The first-order valence-electron chi connectivity index (χ1n) is 16.5. The first-order chi connectivity index (χ1) is 23.8. The Morgan fingerprint density at radius 1 is 0.250 bits per heavy atom. The van der Waals surface area contributed by atoms with E-state index in [1.165, 1.54) is 82.3 Å². The van der Waals surface area contributed by atoms with Gasteiger partial charge in [0.2, 0.25) is 0 Å². The molecule has 0 bridgehead atoms. The maximum Gasteiger partial charge on any atom is 0.0547 e. The molecule has 0 spiro atoms. The molecule has 10 rings (SSSR count). The smallest absolute Gasteiger partial charge is 0.0547 e. The van der Waals surface area contributed by atoms with E-state index in [1.54, 1.807) is 0 Å². The van der Waals surface area contributed by atoms with Crippen molar-refractivity contribution < 1.29 is 0 Å². The molecule has 2 heterocycles. The van der Waals surface area contributed by atoms with Gasteiger partial charge < -0.3 is 9.13 Å². The van der Waals surface area contributed by atoms with Crippen LogP contribution >= 0.6 is 0 Å². The first-order valence-corrected chi connectivity index (χ1v) is 16.5. The van der Waals surface area contributed by atoms with E-state index in [0.29, 0.717) is 0 Å². The van der Waals surface area contributed by atoms with Crippen molar-refractivity contribution in [2.45, 2.75) is 0 Å². The second-order valence-electron chi connectivity index (χ2n) is 12.6. The second kappa shape index (κ2) is 10.6. The van der Waals surface area contributed by atoms with E-state index in [9.17, 15) is 0 Å². The highest BCUT2D eigenvalue weighted by molar-refractivity contribution is 6.12. The molecule has 0 N–H and O–H groups in total. The monoisotopic (exact) mass is 610 g/mol. The van der Waals surface area contributed by atoms with Gasteiger partial charge in [-0.3, -0.25) is 0 Å². The molecule has 0 aliphatic heterocycles. The quantitative estimate of drug-likeness (QED) is 0.188. The van der Waals surface area contributed by atoms with Gasteiger partial charge in [-0.15, -0.1) is 0 Å². The molecule has 0 aliphatic carbocycles. The van der Waals surface area contributed by atoms with Crippen molar-refractivity contribution in [3.05, 3.63) is 182 Å². The summed E-state index contributed by atoms with van der Waals surface area (Å²) in [6.07, 6.45) is 0. The van der Waals surface area contributed by atoms with Gasteiger partial charge in [0.1, 0.15) is 0 Å². The topological polar surface area (TPSA) is 9.86 Å². The Morgan fingerprint density at radius 2 is 0.812 bits per heavy atom. The van der Waals surface area contributed by atoms with Crippen molar-refractivity contribution >= 4 is 54.4 Å². The van der Waals surface area contributed by atoms with E-state index in [4.69, 9.17) is 0 Å². The normalized spacial score (nSPS) is 11.8. The van der Waals surface area contributed by atoms with Crippen LogP contribution in [0.15, 0.2) is 182 Å². The van der Waals surface area contributed by atoms with Crippen molar-refractivity contribution in [3.63, 3.8) is 0 Å². The number of benzene rings is 8. The molecule has 0 saturated heterocycles. The van der Waals surface area contributed by atoms with E-state index >= 15 is 0 Å². The van der Waals surface area contributed by atoms with E-state index in [0.717, 1.165) is 5.69 Å². The van der Waals surface area contributed by atoms with Crippen LogP contribution in [0.1, 0.15) is 0 Å². The molecule has 2 nitrogen and oxygen atoms in total. The molecule has 0 atom stereocenters. The number of para-hydroxylation sites is 2. The summed E-state index contributed by atoms with van der Waals surface area (Å²) in [6, 6.07) is 66.3. The summed E-state index contributed by atoms with van der Waals surface area (Å²) in [5, 5.41) is 7.54. The van der Waals surface area contributed by atoms with Gasteiger partial charge in [0, 0.05) is 32.9 Å². The van der Waals surface area contributed by atoms with E-state index in [2.05, 4.69) is 191 Å². The lowest BCUT2D eigenvalue weighted by Gasteiger charge is -2.12. The summed E-state index contributed by atoms with van der Waals surface area (Å²) in [6.45, 7) is 0. The van der Waals surface area contributed by atoms with E-state index < -0.39 is 0 Å². The Bertz CT molecular complexity index is 2830. The minimum atomic E-state index is 1.16. The fourth-order valence-corrected chi connectivity index (χ4v) is 7.63. The molecule has 0 unspecified atom stereocenters. The van der Waals surface area contributed by atoms with Crippen LogP contribution in [0.5, 0.6) is 0 Å². The van der Waals surface area contributed by atoms with Crippen molar-refractivity contribution in [1.82, 2.24) is 9.13 Å². The number of nitrogens with zero attached hydrogens (tertiary/aromatic N) is 2. The summed E-state index contributed by atoms with van der Waals surface area (Å²) in [5.74, 6) is 0. The van der Waals surface area contributed by atoms with Crippen LogP contribution in [-0.2, 0) is 0 Å². The number of rotatable bonds is 4. The van der Waals surface area contributed by atoms with Crippen LogP contribution in [0.25, 0.3) is 88.0 Å². The van der Waals surface area contributed by atoms with Crippen LogP contribution in [-0.4, -0.2) is 9.13 Å². The Balaban J connectivity index is 1.17. The molecule has 48 heavy (non-hydrogen) atoms. The van der Waals surface area contributed by atoms with E-state index in [-0.39, 0.29) is 0 Å². The lowest BCUT2D eigenvalue weighted by atomic mass is 10.0. The van der Waals surface area contributed by atoms with Gasteiger partial charge in [-0.25, -0.2) is 0 Å². The van der Waals surface area contributed by atoms with Gasteiger partial charge >= 0.3 is 0 Å². The standard InChI is InChI=1S/C46H30N2/c1-2-11-31(12-3-1)34-15-10-16-37(27-34)48-43-19-8-6-17-39(43)41-25-22-36(30-46(41)48)35-23-26-45-42(29-35)40-18-7-9-20-44(40)47(45)38-24-21-32-13-4-5-14-33(32)28-38/h1-30H. The van der Waals surface area contributed by atoms with Gasteiger partial charge in [-0.1, -0.05) is 127 Å². The van der Waals surface area contributed by atoms with Crippen molar-refractivity contribution in [3.8, 4) is 33.6 Å². The van der Waals surface area contributed by atoms with Gasteiger partial charge in [-0.05, 0) is 87.6 Å². The summed E-state index contributed by atoms with van der Waals surface area (Å²) in [7, 11) is 0. The number of hydrogen-bond acceptors (Lipinski definition) is 0. The zero-order chi connectivity index (χ0) is 31.6. The first kappa shape index (κ1) is 26.8. The average Bonchev–Trinajstić information content (AvgIpc) is 3.67. The number of hydrogen-bond donors (Lipinski definition) is 0. The fourth-order valence-electron chi connectivity index (χ4n) is 7.63. The van der Waals surface area contributed by atoms with Crippen LogP contribution in [0.2, 0.25) is 0 Å². The van der Waals surface area contributed by atoms with Gasteiger partial charge in [-0.2, -0.15) is 0 Å². The van der Waals surface area contributed by atoms with Crippen molar-refractivity contribution in [1.29, 1.82) is 0 Å². The molecule has 0 fully saturated rings. The zero-order valence-electron chi connectivity index (χ0n) is 26.2. The Morgan fingerprint density at radius 3 is 1.65 bits per heavy atom. The third-order valence-corrected chi connectivity index (χ3v) is 9.88. The molecule has 0 saturated carbocycles. The minimum Gasteiger partial charge on any atom is -0.309 e. The molecule has 0 radical (unpaired) electrons. The van der Waals surface area contributed by atoms with Crippen LogP contribution in [0.3, 0.4) is 0 Å². The molecular weight excluding hydrogens is 581 g/mol.